The molecule has 0 radical (unpaired) electrons. The highest BCUT2D eigenvalue weighted by atomic mass is 16.6. The molecule has 0 spiro atoms. The molecule has 1 atom stereocenters. The van der Waals surface area contributed by atoms with Crippen LogP contribution < -0.4 is 5.32 Å². The van der Waals surface area contributed by atoms with Crippen LogP contribution >= 0.6 is 0 Å². The van der Waals surface area contributed by atoms with Gasteiger partial charge in [0.15, 0.2) is 0 Å². The minimum atomic E-state index is -0.487. The second-order valence-corrected chi connectivity index (χ2v) is 8.96. The summed E-state index contributed by atoms with van der Waals surface area (Å²) in [6.07, 6.45) is 2.12. The first-order valence-electron chi connectivity index (χ1n) is 10.3. The zero-order valence-corrected chi connectivity index (χ0v) is 17.3. The van der Waals surface area contributed by atoms with Crippen LogP contribution in [0.5, 0.6) is 0 Å². The molecule has 1 aromatic carbocycles. The van der Waals surface area contributed by atoms with Crippen molar-refractivity contribution in [2.75, 3.05) is 26.2 Å². The molecule has 6 nitrogen and oxygen atoms in total. The molecule has 2 amide bonds. The SMILES string of the molecule is CC(C)(C)OC(=O)N1CCC(C(=O)N[C@H]2CCN(Cc3ccccc3)C2)CC1. The predicted molar refractivity (Wildman–Crippen MR) is 109 cm³/mol. The summed E-state index contributed by atoms with van der Waals surface area (Å²) in [6.45, 7) is 9.61. The van der Waals surface area contributed by atoms with Gasteiger partial charge in [-0.25, -0.2) is 4.79 Å². The lowest BCUT2D eigenvalue weighted by molar-refractivity contribution is -0.127. The quantitative estimate of drug-likeness (QED) is 0.863. The maximum absolute atomic E-state index is 12.7. The van der Waals surface area contributed by atoms with Gasteiger partial charge in [-0.2, -0.15) is 0 Å². The Labute approximate surface area is 168 Å². The Morgan fingerprint density at radius 2 is 1.75 bits per heavy atom. The molecule has 0 saturated carbocycles. The van der Waals surface area contributed by atoms with Crippen LogP contribution in [0, 0.1) is 5.92 Å². The molecule has 154 valence electrons. The summed E-state index contributed by atoms with van der Waals surface area (Å²) in [5, 5.41) is 3.23. The lowest BCUT2D eigenvalue weighted by atomic mass is 9.95. The van der Waals surface area contributed by atoms with E-state index in [0.717, 1.165) is 26.1 Å². The number of rotatable bonds is 4. The van der Waals surface area contributed by atoms with E-state index in [9.17, 15) is 9.59 Å². The lowest BCUT2D eigenvalue weighted by Gasteiger charge is -2.33. The number of carbonyl (C=O) groups is 2. The molecule has 2 aliphatic heterocycles. The Hall–Kier alpha value is -2.08. The van der Waals surface area contributed by atoms with Crippen molar-refractivity contribution >= 4 is 12.0 Å². The van der Waals surface area contributed by atoms with Crippen molar-refractivity contribution in [3.63, 3.8) is 0 Å². The van der Waals surface area contributed by atoms with Gasteiger partial charge in [0.1, 0.15) is 5.60 Å². The van der Waals surface area contributed by atoms with E-state index < -0.39 is 5.60 Å². The average Bonchev–Trinajstić information content (AvgIpc) is 3.08. The normalized spacial score (nSPS) is 21.5. The predicted octanol–water partition coefficient (Wildman–Crippen LogP) is 3.02. The Morgan fingerprint density at radius 3 is 2.39 bits per heavy atom. The van der Waals surface area contributed by atoms with Gasteiger partial charge in [0.2, 0.25) is 5.91 Å². The van der Waals surface area contributed by atoms with E-state index in [1.54, 1.807) is 4.90 Å². The summed E-state index contributed by atoms with van der Waals surface area (Å²) in [5.41, 5.74) is 0.823. The molecular formula is C22H33N3O3. The number of benzene rings is 1. The number of nitrogens with zero attached hydrogens (tertiary/aromatic N) is 2. The number of amides is 2. The first kappa shape index (κ1) is 20.6. The second-order valence-electron chi connectivity index (χ2n) is 8.96. The maximum Gasteiger partial charge on any atom is 0.410 e. The zero-order chi connectivity index (χ0) is 20.1. The van der Waals surface area contributed by atoms with E-state index in [2.05, 4.69) is 34.5 Å². The van der Waals surface area contributed by atoms with Gasteiger partial charge in [-0.3, -0.25) is 9.69 Å². The smallest absolute Gasteiger partial charge is 0.410 e. The van der Waals surface area contributed by atoms with Crippen molar-refractivity contribution in [2.45, 2.75) is 58.2 Å². The Kier molecular flexibility index (Phi) is 6.60. The number of likely N-dealkylation sites (tertiary alicyclic amines) is 2. The Bertz CT molecular complexity index is 663. The van der Waals surface area contributed by atoms with Crippen LogP contribution in [0.3, 0.4) is 0 Å². The molecule has 6 heteroatoms. The third-order valence-corrected chi connectivity index (χ3v) is 5.39. The van der Waals surface area contributed by atoms with E-state index in [1.807, 2.05) is 26.8 Å². The van der Waals surface area contributed by atoms with Gasteiger partial charge in [0, 0.05) is 44.7 Å². The maximum atomic E-state index is 12.7. The molecule has 3 rings (SSSR count). The van der Waals surface area contributed by atoms with Gasteiger partial charge >= 0.3 is 6.09 Å². The molecule has 0 aromatic heterocycles. The molecule has 2 fully saturated rings. The topological polar surface area (TPSA) is 61.9 Å². The minimum Gasteiger partial charge on any atom is -0.444 e. The van der Waals surface area contributed by atoms with Gasteiger partial charge in [-0.15, -0.1) is 0 Å². The first-order chi connectivity index (χ1) is 13.3. The Morgan fingerprint density at radius 1 is 1.07 bits per heavy atom. The van der Waals surface area contributed by atoms with Crippen LogP contribution in [0.15, 0.2) is 30.3 Å². The summed E-state index contributed by atoms with van der Waals surface area (Å²) >= 11 is 0. The fraction of sp³-hybridized carbons (Fsp3) is 0.636. The monoisotopic (exact) mass is 387 g/mol. The fourth-order valence-electron chi connectivity index (χ4n) is 3.91. The van der Waals surface area contributed by atoms with E-state index in [-0.39, 0.29) is 24.0 Å². The van der Waals surface area contributed by atoms with Crippen molar-refractivity contribution in [2.24, 2.45) is 5.92 Å². The highest BCUT2D eigenvalue weighted by Gasteiger charge is 2.32. The molecule has 2 saturated heterocycles. The molecule has 0 aliphatic carbocycles. The van der Waals surface area contributed by atoms with E-state index in [1.165, 1.54) is 5.56 Å². The number of hydrogen-bond acceptors (Lipinski definition) is 4. The largest absolute Gasteiger partial charge is 0.444 e. The molecule has 1 N–H and O–H groups in total. The molecular weight excluding hydrogens is 354 g/mol. The van der Waals surface area contributed by atoms with Crippen molar-refractivity contribution in [1.82, 2.24) is 15.1 Å². The van der Waals surface area contributed by atoms with E-state index in [0.29, 0.717) is 25.9 Å². The highest BCUT2D eigenvalue weighted by molar-refractivity contribution is 5.79. The summed E-state index contributed by atoms with van der Waals surface area (Å²) in [6, 6.07) is 10.7. The lowest BCUT2D eigenvalue weighted by Crippen LogP contribution is -2.47. The number of piperidine rings is 1. The number of carbonyl (C=O) groups excluding carboxylic acids is 2. The van der Waals surface area contributed by atoms with Crippen molar-refractivity contribution < 1.29 is 14.3 Å². The summed E-state index contributed by atoms with van der Waals surface area (Å²) < 4.78 is 5.42. The first-order valence-corrected chi connectivity index (χ1v) is 10.3. The average molecular weight is 388 g/mol. The number of hydrogen-bond donors (Lipinski definition) is 1. The van der Waals surface area contributed by atoms with Crippen LogP contribution in [-0.2, 0) is 16.1 Å². The molecule has 2 heterocycles. The van der Waals surface area contributed by atoms with Crippen LogP contribution in [0.4, 0.5) is 4.79 Å². The summed E-state index contributed by atoms with van der Waals surface area (Å²) in [5.74, 6) is 0.122. The fourth-order valence-corrected chi connectivity index (χ4v) is 3.91. The van der Waals surface area contributed by atoms with E-state index in [4.69, 9.17) is 4.74 Å². The molecule has 1 aromatic rings. The van der Waals surface area contributed by atoms with Gasteiger partial charge in [-0.1, -0.05) is 30.3 Å². The third kappa shape index (κ3) is 5.96. The Balaban J connectivity index is 1.40. The number of ether oxygens (including phenoxy) is 1. The third-order valence-electron chi connectivity index (χ3n) is 5.39. The van der Waals surface area contributed by atoms with Gasteiger partial charge in [0.25, 0.3) is 0 Å². The highest BCUT2D eigenvalue weighted by Crippen LogP contribution is 2.21. The van der Waals surface area contributed by atoms with Crippen LogP contribution in [0.25, 0.3) is 0 Å². The van der Waals surface area contributed by atoms with Crippen LogP contribution in [0.2, 0.25) is 0 Å². The molecule has 28 heavy (non-hydrogen) atoms. The van der Waals surface area contributed by atoms with Gasteiger partial charge < -0.3 is 15.0 Å². The zero-order valence-electron chi connectivity index (χ0n) is 17.3. The van der Waals surface area contributed by atoms with E-state index >= 15 is 0 Å². The molecule has 2 aliphatic rings. The van der Waals surface area contributed by atoms with Crippen molar-refractivity contribution in [1.29, 1.82) is 0 Å². The second kappa shape index (κ2) is 8.95. The standard InChI is InChI=1S/C22H33N3O3/c1-22(2,3)28-21(27)25-13-9-18(10-14-25)20(26)23-19-11-12-24(16-19)15-17-7-5-4-6-8-17/h4-8,18-19H,9-16H2,1-3H3,(H,23,26)/t19-/m0/s1. The van der Waals surface area contributed by atoms with Crippen molar-refractivity contribution in [3.8, 4) is 0 Å². The number of nitrogens with one attached hydrogen (secondary N) is 1. The molecule has 0 unspecified atom stereocenters. The summed E-state index contributed by atoms with van der Waals surface area (Å²) in [4.78, 5) is 28.9. The van der Waals surface area contributed by atoms with Gasteiger partial charge in [0.05, 0.1) is 0 Å². The minimum absolute atomic E-state index is 0.0122. The molecule has 0 bridgehead atoms. The van der Waals surface area contributed by atoms with Crippen LogP contribution in [-0.4, -0.2) is 59.6 Å². The summed E-state index contributed by atoms with van der Waals surface area (Å²) in [7, 11) is 0. The van der Waals surface area contributed by atoms with Crippen LogP contribution in [0.1, 0.15) is 45.6 Å². The van der Waals surface area contributed by atoms with Gasteiger partial charge in [-0.05, 0) is 45.6 Å². The van der Waals surface area contributed by atoms with Crippen molar-refractivity contribution in [3.05, 3.63) is 35.9 Å².